The Morgan fingerprint density at radius 1 is 0.320 bits per heavy atom. The van der Waals surface area contributed by atoms with Crippen molar-refractivity contribution >= 4 is 19.8 Å². The smallest absolute Gasteiger partial charge is 0.306 e. The molecule has 588 valence electrons. The van der Waals surface area contributed by atoms with Crippen LogP contribution in [0.25, 0.3) is 0 Å². The van der Waals surface area contributed by atoms with Crippen LogP contribution in [0.3, 0.4) is 0 Å². The van der Waals surface area contributed by atoms with Crippen LogP contribution in [-0.2, 0) is 32.7 Å². The molecule has 2 atom stereocenters. The molecular weight excluding hydrogens is 1250 g/mol. The summed E-state index contributed by atoms with van der Waals surface area (Å²) in [6, 6.07) is 0. The van der Waals surface area contributed by atoms with Crippen molar-refractivity contribution in [1.82, 2.24) is 0 Å². The zero-order valence-electron chi connectivity index (χ0n) is 67.4. The fourth-order valence-corrected chi connectivity index (χ4v) is 14.1. The van der Waals surface area contributed by atoms with Gasteiger partial charge in [-0.15, -0.1) is 0 Å². The van der Waals surface area contributed by atoms with Gasteiger partial charge in [-0.2, -0.15) is 0 Å². The average molecular weight is 1430 g/mol. The summed E-state index contributed by atoms with van der Waals surface area (Å²) in [5, 5.41) is 0. The molecule has 10 heteroatoms. The Hall–Kier alpha value is -2.29. The molecule has 9 nitrogen and oxygen atoms in total. The van der Waals surface area contributed by atoms with Crippen LogP contribution in [0.1, 0.15) is 450 Å². The van der Waals surface area contributed by atoms with Crippen molar-refractivity contribution in [3.63, 3.8) is 0 Å². The van der Waals surface area contributed by atoms with Gasteiger partial charge in [0, 0.05) is 12.8 Å². The Morgan fingerprint density at radius 3 is 0.850 bits per heavy atom. The van der Waals surface area contributed by atoms with Gasteiger partial charge in [0.15, 0.2) is 6.10 Å². The van der Waals surface area contributed by atoms with E-state index in [2.05, 4.69) is 74.6 Å². The van der Waals surface area contributed by atoms with Gasteiger partial charge in [0.1, 0.15) is 19.8 Å². The van der Waals surface area contributed by atoms with Gasteiger partial charge in [-0.05, 0) is 57.8 Å². The molecule has 0 fully saturated rings. The fourth-order valence-electron chi connectivity index (χ4n) is 13.4. The van der Waals surface area contributed by atoms with E-state index in [1.165, 1.54) is 353 Å². The molecule has 0 aromatic carbocycles. The Labute approximate surface area is 623 Å². The molecule has 0 heterocycles. The molecule has 0 aliphatic rings. The first-order valence-electron chi connectivity index (χ1n) is 44.0. The maximum Gasteiger partial charge on any atom is 0.306 e. The fraction of sp³-hybridized carbons (Fsp3) is 0.867. The van der Waals surface area contributed by atoms with Gasteiger partial charge in [-0.25, -0.2) is 0 Å². The first-order valence-corrected chi connectivity index (χ1v) is 45.5. The molecule has 0 aromatic heterocycles. The third kappa shape index (κ3) is 84.6. The van der Waals surface area contributed by atoms with E-state index in [4.69, 9.17) is 18.5 Å². The molecular formula is C90H170NO8P. The molecule has 0 amide bonds. The topological polar surface area (TPSA) is 111 Å². The van der Waals surface area contributed by atoms with E-state index >= 15 is 0 Å². The number of esters is 2. The van der Waals surface area contributed by atoms with Gasteiger partial charge in [-0.3, -0.25) is 14.2 Å². The SMILES string of the molecule is CC/C=C\C/C=C\C/C=C\C/C=C\C/C=C\CCCCCCCCCCCCCCCCCCCCCC(=O)OC(COC(=O)CCCCCCCCCCCCCCCCCCCCCCCCCCCCCCCCCCCCCCCCCCC)COP(=O)([O-])OCC[N+](C)(C)C. The lowest BCUT2D eigenvalue weighted by atomic mass is 10.0. The van der Waals surface area contributed by atoms with Gasteiger partial charge in [0.2, 0.25) is 0 Å². The van der Waals surface area contributed by atoms with Crippen molar-refractivity contribution in [3.05, 3.63) is 60.8 Å². The Morgan fingerprint density at radius 2 is 0.570 bits per heavy atom. The van der Waals surface area contributed by atoms with Crippen molar-refractivity contribution in [3.8, 4) is 0 Å². The number of rotatable bonds is 83. The Bertz CT molecular complexity index is 1870. The van der Waals surface area contributed by atoms with Crippen molar-refractivity contribution < 1.29 is 42.1 Å². The van der Waals surface area contributed by atoms with E-state index in [9.17, 15) is 19.0 Å². The zero-order chi connectivity index (χ0) is 72.5. The number of quaternary nitrogens is 1. The lowest BCUT2D eigenvalue weighted by molar-refractivity contribution is -0.870. The summed E-state index contributed by atoms with van der Waals surface area (Å²) >= 11 is 0. The summed E-state index contributed by atoms with van der Waals surface area (Å²) in [7, 11) is 1.19. The molecule has 0 aliphatic heterocycles. The molecule has 0 bridgehead atoms. The minimum absolute atomic E-state index is 0.0284. The summed E-state index contributed by atoms with van der Waals surface area (Å²) in [6.45, 7) is 4.21. The number of phosphoric acid groups is 1. The summed E-state index contributed by atoms with van der Waals surface area (Å²) in [5.74, 6) is -0.808. The van der Waals surface area contributed by atoms with Gasteiger partial charge in [-0.1, -0.05) is 441 Å². The lowest BCUT2D eigenvalue weighted by Gasteiger charge is -2.28. The highest BCUT2D eigenvalue weighted by Gasteiger charge is 2.22. The van der Waals surface area contributed by atoms with Crippen LogP contribution >= 0.6 is 7.82 Å². The summed E-state index contributed by atoms with van der Waals surface area (Å²) < 4.78 is 34.5. The number of ether oxygens (including phenoxy) is 2. The number of nitrogens with zero attached hydrogens (tertiary/aromatic N) is 1. The molecule has 0 saturated carbocycles. The van der Waals surface area contributed by atoms with Crippen molar-refractivity contribution in [2.75, 3.05) is 47.5 Å². The molecule has 0 spiro atoms. The summed E-state index contributed by atoms with van der Waals surface area (Å²) in [5.41, 5.74) is 0. The van der Waals surface area contributed by atoms with E-state index in [1.54, 1.807) is 0 Å². The first-order chi connectivity index (χ1) is 49.0. The van der Waals surface area contributed by atoms with E-state index in [1.807, 2.05) is 21.1 Å². The standard InChI is InChI=1S/C90H170NO8P/c1-6-8-10-12-14-16-18-20-22-24-26-28-30-32-34-36-38-40-42-43-44-45-46-47-49-50-52-54-56-58-60-62-64-66-68-70-72-74-76-78-80-82-89(92)96-86-88(87-98-100(94,95)97-85-84-91(3,4)5)99-90(93)83-81-79-77-75-73-71-69-67-65-63-61-59-57-55-53-51-48-41-39-37-35-33-31-29-27-25-23-21-19-17-15-13-11-9-7-2/h9,11,15,17,21,23,27,29,33,35,88H,6-8,10,12-14,16,18-20,22,24-26,28,30-32,34,36-87H2,1-5H3/b11-9-,17-15-,23-21-,29-27-,35-33-. The lowest BCUT2D eigenvalue weighted by Crippen LogP contribution is -2.37. The molecule has 100 heavy (non-hydrogen) atoms. The third-order valence-electron chi connectivity index (χ3n) is 20.1. The van der Waals surface area contributed by atoms with Crippen LogP contribution in [0.15, 0.2) is 60.8 Å². The highest BCUT2D eigenvalue weighted by Crippen LogP contribution is 2.38. The van der Waals surface area contributed by atoms with Gasteiger partial charge in [0.05, 0.1) is 27.7 Å². The highest BCUT2D eigenvalue weighted by atomic mass is 31.2. The molecule has 0 N–H and O–H groups in total. The zero-order valence-corrected chi connectivity index (χ0v) is 68.3. The average Bonchev–Trinajstić information content (AvgIpc) is 1.65. The maximum atomic E-state index is 12.9. The van der Waals surface area contributed by atoms with Crippen molar-refractivity contribution in [2.24, 2.45) is 0 Å². The van der Waals surface area contributed by atoms with Crippen LogP contribution in [0, 0.1) is 0 Å². The quantitative estimate of drug-likeness (QED) is 0.0195. The Balaban J connectivity index is 3.85. The van der Waals surface area contributed by atoms with Crippen molar-refractivity contribution in [1.29, 1.82) is 0 Å². The van der Waals surface area contributed by atoms with E-state index in [0.717, 1.165) is 64.2 Å². The molecule has 0 aromatic rings. The predicted molar refractivity (Wildman–Crippen MR) is 434 cm³/mol. The third-order valence-corrected chi connectivity index (χ3v) is 21.0. The second-order valence-electron chi connectivity index (χ2n) is 31.2. The van der Waals surface area contributed by atoms with Crippen LogP contribution in [0.4, 0.5) is 0 Å². The number of allylic oxidation sites excluding steroid dienone is 10. The van der Waals surface area contributed by atoms with Gasteiger partial charge >= 0.3 is 11.9 Å². The predicted octanol–water partition coefficient (Wildman–Crippen LogP) is 29.0. The number of hydrogen-bond acceptors (Lipinski definition) is 8. The van der Waals surface area contributed by atoms with Crippen LogP contribution in [0.2, 0.25) is 0 Å². The number of unbranched alkanes of at least 4 members (excludes halogenated alkanes) is 59. The van der Waals surface area contributed by atoms with E-state index < -0.39 is 26.5 Å². The highest BCUT2D eigenvalue weighted by molar-refractivity contribution is 7.45. The molecule has 0 saturated heterocycles. The van der Waals surface area contributed by atoms with Gasteiger partial charge in [0.25, 0.3) is 7.82 Å². The molecule has 0 aliphatic carbocycles. The normalized spacial score (nSPS) is 13.2. The van der Waals surface area contributed by atoms with Crippen LogP contribution in [-0.4, -0.2) is 70.0 Å². The second kappa shape index (κ2) is 80.8. The first kappa shape index (κ1) is 97.7. The van der Waals surface area contributed by atoms with E-state index in [-0.39, 0.29) is 32.0 Å². The van der Waals surface area contributed by atoms with Gasteiger partial charge < -0.3 is 27.9 Å². The minimum Gasteiger partial charge on any atom is -0.756 e. The Kier molecular flexibility index (Phi) is 78.9. The number of likely N-dealkylation sites (N-methyl/N-ethyl adjacent to an activating group) is 1. The number of phosphoric ester groups is 1. The van der Waals surface area contributed by atoms with E-state index in [0.29, 0.717) is 17.4 Å². The van der Waals surface area contributed by atoms with Crippen molar-refractivity contribution in [2.45, 2.75) is 457 Å². The summed E-state index contributed by atoms with van der Waals surface area (Å²) in [6.07, 6.45) is 110. The maximum absolute atomic E-state index is 12.9. The molecule has 0 radical (unpaired) electrons. The second-order valence-corrected chi connectivity index (χ2v) is 32.7. The molecule has 2 unspecified atom stereocenters. The van der Waals surface area contributed by atoms with Crippen LogP contribution < -0.4 is 4.89 Å². The largest absolute Gasteiger partial charge is 0.756 e. The minimum atomic E-state index is -4.65. The molecule has 0 rings (SSSR count). The summed E-state index contributed by atoms with van der Waals surface area (Å²) in [4.78, 5) is 38.2. The monoisotopic (exact) mass is 1420 g/mol. The number of carbonyl (C=O) groups is 2. The number of carbonyl (C=O) groups excluding carboxylic acids is 2. The van der Waals surface area contributed by atoms with Crippen LogP contribution in [0.5, 0.6) is 0 Å². The number of hydrogen-bond donors (Lipinski definition) is 0.